The summed E-state index contributed by atoms with van der Waals surface area (Å²) in [5, 5.41) is 21.8. The summed E-state index contributed by atoms with van der Waals surface area (Å²) in [7, 11) is 0. The van der Waals surface area contributed by atoms with E-state index in [1.165, 1.54) is 28.3 Å². The standard InChI is InChI=1S/C24H21N9O3S2/c25-18-7-17-13(9-29-18)6-14(37-17)10-31-22(34)16-3-4-19-30-11-15(24(36)33(16)19)32-23(35)21(27)38-20(26)12-2-1-5-28-8-12/h1-2,5-9,11,16,26-27H,3-4,10H2,(H2,25,29)(H,31,34)(H,32,35). The lowest BCUT2D eigenvalue weighted by Crippen LogP contribution is -2.37. The predicted octanol–water partition coefficient (Wildman–Crippen LogP) is 2.31. The van der Waals surface area contributed by atoms with Gasteiger partial charge in [-0.3, -0.25) is 34.8 Å². The first-order valence-electron chi connectivity index (χ1n) is 11.4. The van der Waals surface area contributed by atoms with E-state index in [-0.39, 0.29) is 23.2 Å². The monoisotopic (exact) mass is 547 g/mol. The van der Waals surface area contributed by atoms with E-state index in [4.69, 9.17) is 16.6 Å². The molecule has 12 nitrogen and oxygen atoms in total. The van der Waals surface area contributed by atoms with Crippen molar-refractivity contribution >= 4 is 66.6 Å². The first-order valence-corrected chi connectivity index (χ1v) is 13.0. The van der Waals surface area contributed by atoms with Crippen molar-refractivity contribution in [3.05, 3.63) is 75.7 Å². The summed E-state index contributed by atoms with van der Waals surface area (Å²) in [4.78, 5) is 51.9. The minimum absolute atomic E-state index is 0.0304. The second-order valence-corrected chi connectivity index (χ2v) is 10.5. The molecule has 5 rings (SSSR count). The Morgan fingerprint density at radius 3 is 2.84 bits per heavy atom. The van der Waals surface area contributed by atoms with E-state index in [2.05, 4.69) is 25.6 Å². The number of nitrogens with one attached hydrogen (secondary N) is 4. The molecule has 1 unspecified atom stereocenters. The van der Waals surface area contributed by atoms with E-state index in [0.717, 1.165) is 15.0 Å². The van der Waals surface area contributed by atoms with E-state index in [9.17, 15) is 14.4 Å². The number of rotatable bonds is 5. The lowest BCUT2D eigenvalue weighted by molar-refractivity contribution is -0.124. The third-order valence-corrected chi connectivity index (χ3v) is 7.75. The Hall–Kier alpha value is -4.43. The maximum absolute atomic E-state index is 13.2. The fraction of sp³-hybridized carbons (Fsp3) is 0.167. The van der Waals surface area contributed by atoms with Crippen molar-refractivity contribution in [1.82, 2.24) is 24.8 Å². The summed E-state index contributed by atoms with van der Waals surface area (Å²) in [5.74, 6) is -0.325. The highest BCUT2D eigenvalue weighted by atomic mass is 32.2. The maximum Gasteiger partial charge on any atom is 0.280 e. The van der Waals surface area contributed by atoms with Crippen LogP contribution in [0.1, 0.15) is 28.7 Å². The number of nitrogen functional groups attached to an aromatic ring is 1. The molecule has 1 atom stereocenters. The van der Waals surface area contributed by atoms with Gasteiger partial charge in [-0.1, -0.05) is 0 Å². The van der Waals surface area contributed by atoms with Gasteiger partial charge in [-0.05, 0) is 42.4 Å². The number of thioether (sulfide) groups is 1. The molecule has 0 fully saturated rings. The zero-order valence-electron chi connectivity index (χ0n) is 19.7. The number of carbonyl (C=O) groups is 2. The van der Waals surface area contributed by atoms with Crippen LogP contribution in [0, 0.1) is 10.8 Å². The van der Waals surface area contributed by atoms with Crippen LogP contribution in [-0.4, -0.2) is 41.4 Å². The zero-order valence-corrected chi connectivity index (χ0v) is 21.4. The second-order valence-electron chi connectivity index (χ2n) is 8.35. The van der Waals surface area contributed by atoms with Crippen LogP contribution in [0.3, 0.4) is 0 Å². The predicted molar refractivity (Wildman–Crippen MR) is 147 cm³/mol. The fourth-order valence-corrected chi connectivity index (χ4v) is 5.61. The van der Waals surface area contributed by atoms with Crippen molar-refractivity contribution in [3.63, 3.8) is 0 Å². The normalized spacial score (nSPS) is 14.2. The summed E-state index contributed by atoms with van der Waals surface area (Å²) >= 11 is 2.13. The Morgan fingerprint density at radius 1 is 1.21 bits per heavy atom. The quantitative estimate of drug-likeness (QED) is 0.185. The highest BCUT2D eigenvalue weighted by Gasteiger charge is 2.31. The summed E-state index contributed by atoms with van der Waals surface area (Å²) in [6, 6.07) is 6.22. The lowest BCUT2D eigenvalue weighted by Gasteiger charge is -2.15. The molecule has 4 aromatic heterocycles. The molecule has 0 spiro atoms. The Morgan fingerprint density at radius 2 is 2.05 bits per heavy atom. The minimum Gasteiger partial charge on any atom is -0.384 e. The summed E-state index contributed by atoms with van der Waals surface area (Å²) in [6.45, 7) is 0.278. The molecule has 4 aromatic rings. The molecule has 6 N–H and O–H groups in total. The molecule has 0 saturated carbocycles. The molecule has 1 aliphatic heterocycles. The molecular formula is C24H21N9O3S2. The number of thiophene rings is 1. The van der Waals surface area contributed by atoms with Gasteiger partial charge in [0.25, 0.3) is 11.5 Å². The van der Waals surface area contributed by atoms with Crippen LogP contribution in [0.2, 0.25) is 0 Å². The number of aryl methyl sites for hydroxylation is 1. The van der Waals surface area contributed by atoms with Crippen molar-refractivity contribution < 1.29 is 9.59 Å². The van der Waals surface area contributed by atoms with Crippen molar-refractivity contribution in [1.29, 1.82) is 10.8 Å². The van der Waals surface area contributed by atoms with Gasteiger partial charge >= 0.3 is 0 Å². The Kier molecular flexibility index (Phi) is 6.98. The first kappa shape index (κ1) is 25.2. The zero-order chi connectivity index (χ0) is 26.8. The molecule has 5 heterocycles. The number of fused-ring (bicyclic) bond motifs is 2. The lowest BCUT2D eigenvalue weighted by atomic mass is 10.2. The van der Waals surface area contributed by atoms with Crippen molar-refractivity contribution in [2.45, 2.75) is 25.4 Å². The third kappa shape index (κ3) is 5.17. The Labute approximate surface area is 223 Å². The van der Waals surface area contributed by atoms with Crippen LogP contribution in [0.15, 0.2) is 53.8 Å². The fourth-order valence-electron chi connectivity index (χ4n) is 4.01. The highest BCUT2D eigenvalue weighted by Crippen LogP contribution is 2.27. The van der Waals surface area contributed by atoms with Crippen molar-refractivity contribution in [3.8, 4) is 0 Å². The minimum atomic E-state index is -0.859. The SMILES string of the molecule is N=C(SC(=N)c1cccnc1)C(=O)Nc1cnc2n(c1=O)C(C(=O)NCc1cc3cnc(N)cc3s1)CC2. The van der Waals surface area contributed by atoms with Gasteiger partial charge in [0.15, 0.2) is 5.04 Å². The summed E-state index contributed by atoms with van der Waals surface area (Å²) < 4.78 is 2.25. The topological polar surface area (TPSA) is 193 Å². The number of amides is 2. The molecular weight excluding hydrogens is 526 g/mol. The molecule has 192 valence electrons. The largest absolute Gasteiger partial charge is 0.384 e. The highest BCUT2D eigenvalue weighted by molar-refractivity contribution is 8.28. The average Bonchev–Trinajstić information content (AvgIpc) is 3.53. The van der Waals surface area contributed by atoms with Crippen LogP contribution < -0.4 is 21.9 Å². The number of pyridine rings is 2. The molecule has 38 heavy (non-hydrogen) atoms. The molecule has 14 heteroatoms. The van der Waals surface area contributed by atoms with Gasteiger partial charge in [0, 0.05) is 45.5 Å². The van der Waals surface area contributed by atoms with Crippen molar-refractivity contribution in [2.24, 2.45) is 0 Å². The van der Waals surface area contributed by atoms with Gasteiger partial charge in [-0.15, -0.1) is 11.3 Å². The first-order chi connectivity index (χ1) is 18.3. The molecule has 0 aliphatic carbocycles. The number of carbonyl (C=O) groups excluding carboxylic acids is 2. The van der Waals surface area contributed by atoms with E-state index < -0.39 is 22.6 Å². The van der Waals surface area contributed by atoms with E-state index in [1.807, 2.05) is 6.07 Å². The number of hydrogen-bond acceptors (Lipinski definition) is 11. The third-order valence-electron chi connectivity index (χ3n) is 5.82. The summed E-state index contributed by atoms with van der Waals surface area (Å²) in [5.41, 5.74) is 5.47. The van der Waals surface area contributed by atoms with Gasteiger partial charge in [0.05, 0.1) is 12.7 Å². The number of nitrogens with two attached hydrogens (primary N) is 1. The number of aromatic nitrogens is 4. The van der Waals surface area contributed by atoms with E-state index in [0.29, 0.717) is 41.8 Å². The Bertz CT molecular complexity index is 1650. The second kappa shape index (κ2) is 10.5. The van der Waals surface area contributed by atoms with Gasteiger partial charge in [0.1, 0.15) is 28.4 Å². The maximum atomic E-state index is 13.2. The van der Waals surface area contributed by atoms with Crippen LogP contribution in [0.5, 0.6) is 0 Å². The van der Waals surface area contributed by atoms with E-state index in [1.54, 1.807) is 30.6 Å². The van der Waals surface area contributed by atoms with Crippen LogP contribution in [0.4, 0.5) is 11.5 Å². The number of nitrogens with zero attached hydrogens (tertiary/aromatic N) is 4. The Balaban J connectivity index is 1.26. The van der Waals surface area contributed by atoms with Crippen molar-refractivity contribution in [2.75, 3.05) is 11.1 Å². The van der Waals surface area contributed by atoms with Crippen LogP contribution in [-0.2, 0) is 22.6 Å². The van der Waals surface area contributed by atoms with Crippen LogP contribution >= 0.6 is 23.1 Å². The molecule has 0 radical (unpaired) electrons. The number of hydrogen-bond donors (Lipinski definition) is 5. The van der Waals surface area contributed by atoms with E-state index >= 15 is 0 Å². The molecule has 2 amide bonds. The molecule has 0 saturated heterocycles. The molecule has 0 bridgehead atoms. The van der Waals surface area contributed by atoms with Gasteiger partial charge < -0.3 is 16.4 Å². The average molecular weight is 548 g/mol. The van der Waals surface area contributed by atoms with Gasteiger partial charge in [-0.25, -0.2) is 9.97 Å². The number of anilines is 2. The van der Waals surface area contributed by atoms with Crippen LogP contribution in [0.25, 0.3) is 10.1 Å². The summed E-state index contributed by atoms with van der Waals surface area (Å²) in [6.07, 6.45) is 6.75. The smallest absolute Gasteiger partial charge is 0.280 e. The van der Waals surface area contributed by atoms with Gasteiger partial charge in [-0.2, -0.15) is 0 Å². The molecule has 1 aliphatic rings. The van der Waals surface area contributed by atoms with Gasteiger partial charge in [0.2, 0.25) is 5.91 Å². The molecule has 0 aromatic carbocycles.